The zero-order chi connectivity index (χ0) is 17.7. The zero-order valence-electron chi connectivity index (χ0n) is 13.9. The molecule has 0 bridgehead atoms. The maximum absolute atomic E-state index is 12.2. The Bertz CT molecular complexity index is 718. The first-order valence-electron chi connectivity index (χ1n) is 7.46. The topological polar surface area (TPSA) is 41.6 Å². The normalized spacial score (nSPS) is 10.8. The Balaban J connectivity index is 1.95. The van der Waals surface area contributed by atoms with E-state index < -0.39 is 0 Å². The summed E-state index contributed by atoms with van der Waals surface area (Å²) in [6, 6.07) is 11.3. The predicted octanol–water partition coefficient (Wildman–Crippen LogP) is 4.38. The smallest absolute Gasteiger partial charge is 0.238 e. The highest BCUT2D eigenvalue weighted by Crippen LogP contribution is 2.32. The second kappa shape index (κ2) is 8.38. The maximum Gasteiger partial charge on any atom is 0.238 e. The van der Waals surface area contributed by atoms with Gasteiger partial charge in [0, 0.05) is 6.54 Å². The maximum atomic E-state index is 12.2. The van der Waals surface area contributed by atoms with Crippen LogP contribution in [0.2, 0.25) is 10.0 Å². The van der Waals surface area contributed by atoms with Crippen molar-refractivity contribution >= 4 is 34.8 Å². The molecular formula is C18H20Cl2N2O2. The number of ether oxygens (including phenoxy) is 1. The minimum absolute atomic E-state index is 0.166. The van der Waals surface area contributed by atoms with Gasteiger partial charge in [0.2, 0.25) is 5.91 Å². The van der Waals surface area contributed by atoms with Crippen molar-refractivity contribution in [2.24, 2.45) is 0 Å². The monoisotopic (exact) mass is 366 g/mol. The van der Waals surface area contributed by atoms with Gasteiger partial charge in [0.25, 0.3) is 0 Å². The van der Waals surface area contributed by atoms with Crippen molar-refractivity contribution in [3.63, 3.8) is 0 Å². The Morgan fingerprint density at radius 3 is 2.46 bits per heavy atom. The number of amides is 1. The fourth-order valence-electron chi connectivity index (χ4n) is 2.29. The van der Waals surface area contributed by atoms with Crippen LogP contribution in [0.5, 0.6) is 5.75 Å². The third-order valence-corrected chi connectivity index (χ3v) is 4.38. The predicted molar refractivity (Wildman–Crippen MR) is 99.2 cm³/mol. The van der Waals surface area contributed by atoms with Gasteiger partial charge in [-0.05, 0) is 43.3 Å². The van der Waals surface area contributed by atoms with Crippen LogP contribution < -0.4 is 10.1 Å². The molecule has 0 aromatic heterocycles. The van der Waals surface area contributed by atoms with Crippen molar-refractivity contribution in [2.75, 3.05) is 26.0 Å². The van der Waals surface area contributed by atoms with Crippen molar-refractivity contribution in [1.29, 1.82) is 0 Å². The first-order chi connectivity index (χ1) is 11.4. The van der Waals surface area contributed by atoms with Gasteiger partial charge in [0.05, 0.1) is 29.4 Å². The number of halogens is 2. The second-order valence-corrected chi connectivity index (χ2v) is 6.41. The minimum Gasteiger partial charge on any atom is -0.497 e. The molecule has 6 heteroatoms. The number of nitrogens with one attached hydrogen (secondary N) is 1. The number of hydrogen-bond acceptors (Lipinski definition) is 3. The molecule has 0 saturated carbocycles. The van der Waals surface area contributed by atoms with Gasteiger partial charge < -0.3 is 10.1 Å². The number of hydrogen-bond donors (Lipinski definition) is 1. The van der Waals surface area contributed by atoms with Crippen molar-refractivity contribution in [3.8, 4) is 5.75 Å². The molecule has 0 fully saturated rings. The number of nitrogens with zero attached hydrogens (tertiary/aromatic N) is 1. The molecule has 0 atom stereocenters. The van der Waals surface area contributed by atoms with E-state index in [-0.39, 0.29) is 12.5 Å². The van der Waals surface area contributed by atoms with Crippen LogP contribution in [0.3, 0.4) is 0 Å². The Kier molecular flexibility index (Phi) is 6.49. The van der Waals surface area contributed by atoms with E-state index in [1.807, 2.05) is 49.2 Å². The zero-order valence-corrected chi connectivity index (χ0v) is 15.4. The average molecular weight is 367 g/mol. The lowest BCUT2D eigenvalue weighted by Crippen LogP contribution is -2.30. The summed E-state index contributed by atoms with van der Waals surface area (Å²) in [5.41, 5.74) is 2.42. The van der Waals surface area contributed by atoms with E-state index >= 15 is 0 Å². The van der Waals surface area contributed by atoms with Crippen LogP contribution in [0, 0.1) is 6.92 Å². The third-order valence-electron chi connectivity index (χ3n) is 3.57. The summed E-state index contributed by atoms with van der Waals surface area (Å²) in [5.74, 6) is 0.642. The highest BCUT2D eigenvalue weighted by atomic mass is 35.5. The quantitative estimate of drug-likeness (QED) is 0.824. The van der Waals surface area contributed by atoms with E-state index in [9.17, 15) is 4.79 Å². The van der Waals surface area contributed by atoms with Gasteiger partial charge in [-0.1, -0.05) is 41.4 Å². The molecule has 0 aliphatic carbocycles. The number of methoxy groups -OCH3 is 1. The largest absolute Gasteiger partial charge is 0.497 e. The van der Waals surface area contributed by atoms with Crippen LogP contribution in [0.25, 0.3) is 0 Å². The molecule has 0 aliphatic rings. The van der Waals surface area contributed by atoms with Crippen LogP contribution in [-0.4, -0.2) is 31.5 Å². The van der Waals surface area contributed by atoms with Crippen molar-refractivity contribution < 1.29 is 9.53 Å². The Morgan fingerprint density at radius 2 is 1.83 bits per heavy atom. The van der Waals surface area contributed by atoms with Gasteiger partial charge in [-0.25, -0.2) is 0 Å². The first-order valence-corrected chi connectivity index (χ1v) is 8.22. The van der Waals surface area contributed by atoms with Crippen LogP contribution in [0.4, 0.5) is 5.69 Å². The Morgan fingerprint density at radius 1 is 1.17 bits per heavy atom. The highest BCUT2D eigenvalue weighted by Gasteiger charge is 2.13. The summed E-state index contributed by atoms with van der Waals surface area (Å²) in [6.07, 6.45) is 0. The van der Waals surface area contributed by atoms with Gasteiger partial charge in [-0.3, -0.25) is 9.69 Å². The molecule has 128 valence electrons. The van der Waals surface area contributed by atoms with E-state index in [0.29, 0.717) is 22.3 Å². The van der Waals surface area contributed by atoms with Crippen molar-refractivity contribution in [2.45, 2.75) is 13.5 Å². The summed E-state index contributed by atoms with van der Waals surface area (Å²) in [4.78, 5) is 14.2. The SMILES string of the molecule is COc1ccc(CN(C)CC(=O)Nc2c(Cl)ccc(C)c2Cl)cc1. The van der Waals surface area contributed by atoms with E-state index in [2.05, 4.69) is 5.32 Å². The number of carbonyl (C=O) groups is 1. The lowest BCUT2D eigenvalue weighted by molar-refractivity contribution is -0.117. The van der Waals surface area contributed by atoms with Gasteiger partial charge in [0.1, 0.15) is 5.75 Å². The molecule has 0 unspecified atom stereocenters. The molecule has 2 aromatic carbocycles. The Labute approximate surface area is 152 Å². The minimum atomic E-state index is -0.166. The highest BCUT2D eigenvalue weighted by molar-refractivity contribution is 6.40. The number of aryl methyl sites for hydroxylation is 1. The molecule has 1 N–H and O–H groups in total. The summed E-state index contributed by atoms with van der Waals surface area (Å²) in [6.45, 7) is 2.74. The second-order valence-electron chi connectivity index (χ2n) is 5.62. The number of benzene rings is 2. The van der Waals surface area contributed by atoms with E-state index in [1.165, 1.54) is 0 Å². The lowest BCUT2D eigenvalue weighted by atomic mass is 10.2. The molecular weight excluding hydrogens is 347 g/mol. The molecule has 1 amide bonds. The van der Waals surface area contributed by atoms with Crippen LogP contribution in [-0.2, 0) is 11.3 Å². The van der Waals surface area contributed by atoms with Crippen LogP contribution in [0.15, 0.2) is 36.4 Å². The number of carbonyl (C=O) groups excluding carboxylic acids is 1. The van der Waals surface area contributed by atoms with Crippen LogP contribution >= 0.6 is 23.2 Å². The van der Waals surface area contributed by atoms with Gasteiger partial charge in [-0.15, -0.1) is 0 Å². The molecule has 2 rings (SSSR count). The van der Waals surface area contributed by atoms with E-state index in [0.717, 1.165) is 16.9 Å². The number of anilines is 1. The lowest BCUT2D eigenvalue weighted by Gasteiger charge is -2.17. The first kappa shape index (κ1) is 18.6. The Hall–Kier alpha value is -1.75. The number of likely N-dealkylation sites (N-methyl/N-ethyl adjacent to an activating group) is 1. The fourth-order valence-corrected chi connectivity index (χ4v) is 2.76. The number of rotatable bonds is 6. The van der Waals surface area contributed by atoms with Gasteiger partial charge in [0.15, 0.2) is 0 Å². The molecule has 0 heterocycles. The molecule has 0 saturated heterocycles. The molecule has 0 spiro atoms. The van der Waals surface area contributed by atoms with E-state index in [4.69, 9.17) is 27.9 Å². The summed E-state index contributed by atoms with van der Waals surface area (Å²) in [7, 11) is 3.51. The van der Waals surface area contributed by atoms with Crippen molar-refractivity contribution in [3.05, 3.63) is 57.6 Å². The summed E-state index contributed by atoms with van der Waals surface area (Å²) >= 11 is 12.3. The van der Waals surface area contributed by atoms with Gasteiger partial charge in [-0.2, -0.15) is 0 Å². The third kappa shape index (κ3) is 4.87. The summed E-state index contributed by atoms with van der Waals surface area (Å²) < 4.78 is 5.13. The molecule has 4 nitrogen and oxygen atoms in total. The standard InChI is InChI=1S/C18H20Cl2N2O2/c1-12-4-9-15(19)18(17(12)20)21-16(23)11-22(2)10-13-5-7-14(24-3)8-6-13/h4-9H,10-11H2,1-3H3,(H,21,23). The van der Waals surface area contributed by atoms with E-state index in [1.54, 1.807) is 13.2 Å². The molecule has 0 radical (unpaired) electrons. The molecule has 2 aromatic rings. The molecule has 0 aliphatic heterocycles. The van der Waals surface area contributed by atoms with Crippen LogP contribution in [0.1, 0.15) is 11.1 Å². The summed E-state index contributed by atoms with van der Waals surface area (Å²) in [5, 5.41) is 3.68. The van der Waals surface area contributed by atoms with Gasteiger partial charge >= 0.3 is 0 Å². The molecule has 24 heavy (non-hydrogen) atoms. The average Bonchev–Trinajstić information content (AvgIpc) is 2.55. The fraction of sp³-hybridized carbons (Fsp3) is 0.278. The van der Waals surface area contributed by atoms with Crippen molar-refractivity contribution in [1.82, 2.24) is 4.90 Å².